The molecule has 0 unspecified atom stereocenters. The first kappa shape index (κ1) is 20.8. The van der Waals surface area contributed by atoms with E-state index in [0.29, 0.717) is 52.7 Å². The van der Waals surface area contributed by atoms with Crippen LogP contribution in [0.3, 0.4) is 0 Å². The van der Waals surface area contributed by atoms with Crippen molar-refractivity contribution in [2.45, 2.75) is 19.0 Å². The molecule has 2 heterocycles. The van der Waals surface area contributed by atoms with E-state index in [4.69, 9.17) is 18.9 Å². The normalized spacial score (nSPS) is 11.9. The molecule has 0 saturated carbocycles. The average molecular weight is 443 g/mol. The van der Waals surface area contributed by atoms with Crippen molar-refractivity contribution >= 4 is 23.4 Å². The van der Waals surface area contributed by atoms with Crippen molar-refractivity contribution in [3.05, 3.63) is 36.4 Å². The lowest BCUT2D eigenvalue weighted by atomic mass is 10.2. The Labute approximate surface area is 182 Å². The number of fused-ring (bicyclic) bond motifs is 1. The molecule has 3 aromatic rings. The van der Waals surface area contributed by atoms with Gasteiger partial charge in [-0.2, -0.15) is 4.68 Å². The molecule has 1 N–H and O–H groups in total. The lowest BCUT2D eigenvalue weighted by Crippen LogP contribution is -2.15. The molecule has 0 fully saturated rings. The first-order valence-electron chi connectivity index (χ1n) is 9.68. The minimum absolute atomic E-state index is 0.107. The van der Waals surface area contributed by atoms with Gasteiger partial charge < -0.3 is 24.3 Å². The smallest absolute Gasteiger partial charge is 0.234 e. The lowest BCUT2D eigenvalue weighted by molar-refractivity contribution is -0.113. The summed E-state index contributed by atoms with van der Waals surface area (Å²) in [5.41, 5.74) is 1.26. The molecule has 4 rings (SSSR count). The second-order valence-electron chi connectivity index (χ2n) is 6.27. The van der Waals surface area contributed by atoms with Crippen molar-refractivity contribution in [1.29, 1.82) is 0 Å². The Morgan fingerprint density at radius 1 is 1.13 bits per heavy atom. The van der Waals surface area contributed by atoms with E-state index in [1.165, 1.54) is 11.8 Å². The lowest BCUT2D eigenvalue weighted by Gasteiger charge is -2.13. The van der Waals surface area contributed by atoms with Crippen molar-refractivity contribution in [1.82, 2.24) is 20.2 Å². The van der Waals surface area contributed by atoms with Crippen LogP contribution in [-0.2, 0) is 4.79 Å². The van der Waals surface area contributed by atoms with E-state index in [1.54, 1.807) is 35.0 Å². The summed E-state index contributed by atoms with van der Waals surface area (Å²) >= 11 is 1.21. The van der Waals surface area contributed by atoms with Gasteiger partial charge in [-0.15, -0.1) is 5.10 Å². The number of carbonyl (C=O) groups excluding carboxylic acids is 1. The Morgan fingerprint density at radius 3 is 2.81 bits per heavy atom. The quantitative estimate of drug-likeness (QED) is 0.499. The van der Waals surface area contributed by atoms with Crippen molar-refractivity contribution < 1.29 is 23.7 Å². The molecule has 1 aliphatic heterocycles. The van der Waals surface area contributed by atoms with Crippen LogP contribution in [0.25, 0.3) is 5.69 Å². The number of amides is 1. The Balaban J connectivity index is 1.43. The maximum Gasteiger partial charge on any atom is 0.234 e. The molecule has 0 aliphatic carbocycles. The number of rotatable bonds is 9. The fourth-order valence-corrected chi connectivity index (χ4v) is 3.60. The molecule has 162 valence electrons. The van der Waals surface area contributed by atoms with E-state index in [1.807, 2.05) is 19.9 Å². The van der Waals surface area contributed by atoms with Gasteiger partial charge in [-0.25, -0.2) is 0 Å². The summed E-state index contributed by atoms with van der Waals surface area (Å²) in [7, 11) is 0. The maximum atomic E-state index is 12.6. The van der Waals surface area contributed by atoms with Crippen molar-refractivity contribution in [2.24, 2.45) is 0 Å². The van der Waals surface area contributed by atoms with Crippen LogP contribution in [0, 0.1) is 0 Å². The first-order chi connectivity index (χ1) is 15.2. The Kier molecular flexibility index (Phi) is 6.41. The highest BCUT2D eigenvalue weighted by Crippen LogP contribution is 2.34. The van der Waals surface area contributed by atoms with Crippen LogP contribution in [0.2, 0.25) is 0 Å². The summed E-state index contributed by atoms with van der Waals surface area (Å²) in [6, 6.07) is 10.7. The Morgan fingerprint density at radius 2 is 1.97 bits per heavy atom. The van der Waals surface area contributed by atoms with Gasteiger partial charge in [0.2, 0.25) is 17.9 Å². The third kappa shape index (κ3) is 4.82. The Bertz CT molecular complexity index is 1070. The third-order valence-corrected chi connectivity index (χ3v) is 5.13. The number of nitrogens with one attached hydrogen (secondary N) is 1. The van der Waals surface area contributed by atoms with Crippen LogP contribution < -0.4 is 24.3 Å². The van der Waals surface area contributed by atoms with Gasteiger partial charge in [0.05, 0.1) is 30.3 Å². The van der Waals surface area contributed by atoms with Crippen LogP contribution >= 0.6 is 11.8 Å². The van der Waals surface area contributed by atoms with E-state index >= 15 is 0 Å². The van der Waals surface area contributed by atoms with Gasteiger partial charge in [-0.3, -0.25) is 4.79 Å². The molecule has 1 aromatic heterocycles. The predicted octanol–water partition coefficient (Wildman–Crippen LogP) is 2.92. The van der Waals surface area contributed by atoms with Gasteiger partial charge in [-0.1, -0.05) is 11.8 Å². The van der Waals surface area contributed by atoms with Crippen LogP contribution in [0.5, 0.6) is 23.0 Å². The van der Waals surface area contributed by atoms with E-state index < -0.39 is 0 Å². The van der Waals surface area contributed by atoms with Crippen molar-refractivity contribution in [2.75, 3.05) is 31.1 Å². The number of tetrazole rings is 1. The van der Waals surface area contributed by atoms with E-state index in [-0.39, 0.29) is 18.5 Å². The molecule has 11 heteroatoms. The molecule has 1 aliphatic rings. The minimum Gasteiger partial charge on any atom is -0.494 e. The standard InChI is InChI=1S/C20H21N5O5S/c1-3-27-14-6-8-16(28-4-2)15(10-14)21-19(26)11-31-20-22-23-24-25(20)13-5-7-17-18(9-13)30-12-29-17/h5-10H,3-4,11-12H2,1-2H3,(H,21,26). The second kappa shape index (κ2) is 9.56. The number of benzene rings is 2. The number of thioether (sulfide) groups is 1. The minimum atomic E-state index is -0.222. The summed E-state index contributed by atoms with van der Waals surface area (Å²) < 4.78 is 23.4. The number of nitrogens with zero attached hydrogens (tertiary/aromatic N) is 4. The molecule has 0 atom stereocenters. The molecule has 0 spiro atoms. The summed E-state index contributed by atoms with van der Waals surface area (Å²) in [5.74, 6) is 2.41. The fourth-order valence-electron chi connectivity index (χ4n) is 2.91. The monoisotopic (exact) mass is 443 g/mol. The van der Waals surface area contributed by atoms with Gasteiger partial charge in [0.1, 0.15) is 11.5 Å². The zero-order chi connectivity index (χ0) is 21.6. The van der Waals surface area contributed by atoms with Crippen molar-refractivity contribution in [3.63, 3.8) is 0 Å². The number of aromatic nitrogens is 4. The third-order valence-electron chi connectivity index (χ3n) is 4.21. The first-order valence-corrected chi connectivity index (χ1v) is 10.7. The molecule has 10 nitrogen and oxygen atoms in total. The van der Waals surface area contributed by atoms with Crippen LogP contribution in [0.15, 0.2) is 41.6 Å². The SMILES string of the molecule is CCOc1ccc(OCC)c(NC(=O)CSc2nnnn2-c2ccc3c(c2)OCO3)c1. The number of hydrogen-bond donors (Lipinski definition) is 1. The summed E-state index contributed by atoms with van der Waals surface area (Å²) in [6.07, 6.45) is 0. The number of hydrogen-bond acceptors (Lipinski definition) is 9. The highest BCUT2D eigenvalue weighted by Gasteiger charge is 2.18. The number of anilines is 1. The zero-order valence-electron chi connectivity index (χ0n) is 17.0. The van der Waals surface area contributed by atoms with Crippen LogP contribution in [0.4, 0.5) is 5.69 Å². The summed E-state index contributed by atoms with van der Waals surface area (Å²) in [4.78, 5) is 12.6. The van der Waals surface area contributed by atoms with E-state index in [2.05, 4.69) is 20.8 Å². The van der Waals surface area contributed by atoms with E-state index in [9.17, 15) is 4.79 Å². The number of carbonyl (C=O) groups is 1. The fraction of sp³-hybridized carbons (Fsp3) is 0.300. The molecular weight excluding hydrogens is 422 g/mol. The van der Waals surface area contributed by atoms with Gasteiger partial charge in [0, 0.05) is 12.1 Å². The molecule has 0 saturated heterocycles. The summed E-state index contributed by atoms with van der Waals surface area (Å²) in [6.45, 7) is 4.98. The van der Waals surface area contributed by atoms with Gasteiger partial charge >= 0.3 is 0 Å². The number of ether oxygens (including phenoxy) is 4. The molecule has 31 heavy (non-hydrogen) atoms. The molecule has 1 amide bonds. The molecule has 2 aromatic carbocycles. The second-order valence-corrected chi connectivity index (χ2v) is 7.21. The van der Waals surface area contributed by atoms with Crippen LogP contribution in [-0.4, -0.2) is 51.9 Å². The van der Waals surface area contributed by atoms with Crippen molar-refractivity contribution in [3.8, 4) is 28.7 Å². The van der Waals surface area contributed by atoms with Gasteiger partial charge in [0.25, 0.3) is 0 Å². The van der Waals surface area contributed by atoms with E-state index in [0.717, 1.165) is 0 Å². The Hall–Kier alpha value is -3.47. The predicted molar refractivity (Wildman–Crippen MR) is 113 cm³/mol. The van der Waals surface area contributed by atoms with Crippen LogP contribution in [0.1, 0.15) is 13.8 Å². The highest BCUT2D eigenvalue weighted by atomic mass is 32.2. The highest BCUT2D eigenvalue weighted by molar-refractivity contribution is 7.99. The largest absolute Gasteiger partial charge is 0.494 e. The zero-order valence-corrected chi connectivity index (χ0v) is 17.8. The summed E-state index contributed by atoms with van der Waals surface area (Å²) in [5, 5.41) is 15.1. The molecule has 0 bridgehead atoms. The van der Waals surface area contributed by atoms with Gasteiger partial charge in [-0.05, 0) is 48.5 Å². The topological polar surface area (TPSA) is 110 Å². The average Bonchev–Trinajstić information content (AvgIpc) is 3.43. The maximum absolute atomic E-state index is 12.6. The van der Waals surface area contributed by atoms with Gasteiger partial charge in [0.15, 0.2) is 11.5 Å². The molecule has 0 radical (unpaired) electrons. The molecular formula is C20H21N5O5S.